The van der Waals surface area contributed by atoms with Crippen LogP contribution in [0.15, 0.2) is 18.2 Å². The second-order valence-electron chi connectivity index (χ2n) is 9.74. The number of nitrogens with one attached hydrogen (secondary N) is 1. The van der Waals surface area contributed by atoms with E-state index in [2.05, 4.69) is 11.4 Å². The number of anilines is 1. The number of likely N-dealkylation sites (tertiary alicyclic amines) is 1. The van der Waals surface area contributed by atoms with E-state index in [1.807, 2.05) is 26.0 Å². The topological polar surface area (TPSA) is 66.5 Å². The van der Waals surface area contributed by atoms with Gasteiger partial charge in [-0.1, -0.05) is 17.7 Å². The Morgan fingerprint density at radius 1 is 0.931 bits per heavy atom. The lowest BCUT2D eigenvalue weighted by Gasteiger charge is -2.33. The lowest BCUT2D eigenvalue weighted by molar-refractivity contribution is -0.144. The van der Waals surface area contributed by atoms with Crippen molar-refractivity contribution in [1.29, 1.82) is 0 Å². The third-order valence-corrected chi connectivity index (χ3v) is 8.03. The van der Waals surface area contributed by atoms with E-state index in [0.717, 1.165) is 56.2 Å². The first kappa shape index (κ1) is 18.8. The molecule has 3 saturated carbocycles. The van der Waals surface area contributed by atoms with Crippen molar-refractivity contribution in [2.45, 2.75) is 64.8 Å². The van der Waals surface area contributed by atoms with E-state index in [9.17, 15) is 14.4 Å². The van der Waals surface area contributed by atoms with Crippen molar-refractivity contribution in [2.24, 2.45) is 29.6 Å². The molecule has 0 radical (unpaired) electrons. The van der Waals surface area contributed by atoms with E-state index in [0.29, 0.717) is 11.8 Å². The summed E-state index contributed by atoms with van der Waals surface area (Å²) in [6, 6.07) is 6.03. The van der Waals surface area contributed by atoms with Gasteiger partial charge in [-0.05, 0) is 82.3 Å². The number of imide groups is 1. The Morgan fingerprint density at radius 2 is 1.55 bits per heavy atom. The molecule has 0 spiro atoms. The SMILES string of the molecule is Cc1ccc(NC(=O)C2CCC(N3C(=O)[C@H]4[C@H]5CC[C@@H](C5)[C@@H]4C3=O)CC2)c(C)c1. The standard InChI is InChI=1S/C24H30N2O3/c1-13-3-10-19(14(2)11-13)25-22(27)15-6-8-18(9-7-15)26-23(28)20-16-4-5-17(12-16)21(20)24(26)29/h3,10-11,15-18,20-21H,4-9,12H2,1-2H3,(H,25,27)/t15?,16-,17-,18?,20-,21-/m0/s1. The summed E-state index contributed by atoms with van der Waals surface area (Å²) in [6.45, 7) is 4.05. The minimum Gasteiger partial charge on any atom is -0.326 e. The average Bonchev–Trinajstić information content (AvgIpc) is 3.38. The van der Waals surface area contributed by atoms with Crippen LogP contribution in [0.5, 0.6) is 0 Å². The van der Waals surface area contributed by atoms with Gasteiger partial charge in [-0.15, -0.1) is 0 Å². The Hall–Kier alpha value is -2.17. The highest BCUT2D eigenvalue weighted by Gasteiger charge is 2.61. The molecule has 5 rings (SSSR count). The molecule has 1 aromatic rings. The first-order valence-electron chi connectivity index (χ1n) is 11.2. The molecule has 4 atom stereocenters. The molecule has 5 heteroatoms. The minimum absolute atomic E-state index is 0.00911. The summed E-state index contributed by atoms with van der Waals surface area (Å²) >= 11 is 0. The molecule has 1 aromatic carbocycles. The third-order valence-electron chi connectivity index (χ3n) is 8.03. The van der Waals surface area contributed by atoms with Gasteiger partial charge in [0.05, 0.1) is 11.8 Å². The third kappa shape index (κ3) is 3.01. The van der Waals surface area contributed by atoms with E-state index in [1.54, 1.807) is 4.90 Å². The van der Waals surface area contributed by atoms with Crippen molar-refractivity contribution in [1.82, 2.24) is 4.90 Å². The Morgan fingerprint density at radius 3 is 2.14 bits per heavy atom. The van der Waals surface area contributed by atoms with Crippen LogP contribution in [0.2, 0.25) is 0 Å². The zero-order valence-electron chi connectivity index (χ0n) is 17.3. The second kappa shape index (κ2) is 6.96. The molecule has 1 heterocycles. The molecule has 1 N–H and O–H groups in total. The highest BCUT2D eigenvalue weighted by molar-refractivity contribution is 6.06. The highest BCUT2D eigenvalue weighted by Crippen LogP contribution is 2.56. The van der Waals surface area contributed by atoms with Gasteiger partial charge in [-0.2, -0.15) is 0 Å². The number of carbonyl (C=O) groups is 3. The van der Waals surface area contributed by atoms with Crippen molar-refractivity contribution < 1.29 is 14.4 Å². The Labute approximate surface area is 172 Å². The number of nitrogens with zero attached hydrogens (tertiary/aromatic N) is 1. The smallest absolute Gasteiger partial charge is 0.233 e. The van der Waals surface area contributed by atoms with Gasteiger partial charge in [-0.25, -0.2) is 0 Å². The zero-order chi connectivity index (χ0) is 20.3. The maximum Gasteiger partial charge on any atom is 0.233 e. The molecule has 0 aromatic heterocycles. The van der Waals surface area contributed by atoms with Crippen molar-refractivity contribution in [3.8, 4) is 0 Å². The zero-order valence-corrected chi connectivity index (χ0v) is 17.3. The quantitative estimate of drug-likeness (QED) is 0.793. The Kier molecular flexibility index (Phi) is 4.52. The summed E-state index contributed by atoms with van der Waals surface area (Å²) in [5, 5.41) is 3.07. The molecular formula is C24H30N2O3. The van der Waals surface area contributed by atoms with Crippen molar-refractivity contribution in [2.75, 3.05) is 5.32 Å². The van der Waals surface area contributed by atoms with Crippen LogP contribution in [-0.4, -0.2) is 28.7 Å². The lowest BCUT2D eigenvalue weighted by Crippen LogP contribution is -2.44. The van der Waals surface area contributed by atoms with Gasteiger partial charge < -0.3 is 5.32 Å². The predicted octanol–water partition coefficient (Wildman–Crippen LogP) is 3.83. The number of fused-ring (bicyclic) bond motifs is 5. The van der Waals surface area contributed by atoms with Crippen molar-refractivity contribution in [3.63, 3.8) is 0 Å². The average molecular weight is 395 g/mol. The summed E-state index contributed by atoms with van der Waals surface area (Å²) in [5.41, 5.74) is 3.12. The van der Waals surface area contributed by atoms with Crippen LogP contribution in [0.4, 0.5) is 5.69 Å². The molecule has 5 nitrogen and oxygen atoms in total. The summed E-state index contributed by atoms with van der Waals surface area (Å²) in [5.74, 6) is 1.00. The molecular weight excluding hydrogens is 364 g/mol. The number of hydrogen-bond acceptors (Lipinski definition) is 3. The fourth-order valence-corrected chi connectivity index (χ4v) is 6.58. The van der Waals surface area contributed by atoms with Crippen LogP contribution in [-0.2, 0) is 14.4 Å². The molecule has 2 bridgehead atoms. The van der Waals surface area contributed by atoms with Gasteiger partial charge in [0, 0.05) is 17.6 Å². The number of aryl methyl sites for hydroxylation is 2. The normalized spacial score (nSPS) is 35.9. The molecule has 1 saturated heterocycles. The van der Waals surface area contributed by atoms with E-state index < -0.39 is 0 Å². The van der Waals surface area contributed by atoms with E-state index >= 15 is 0 Å². The van der Waals surface area contributed by atoms with Crippen LogP contribution >= 0.6 is 0 Å². The fraction of sp³-hybridized carbons (Fsp3) is 0.625. The number of benzene rings is 1. The molecule has 3 amide bonds. The molecule has 1 aliphatic heterocycles. The van der Waals surface area contributed by atoms with E-state index in [1.165, 1.54) is 5.56 Å². The Balaban J connectivity index is 1.21. The number of carbonyl (C=O) groups excluding carboxylic acids is 3. The summed E-state index contributed by atoms with van der Waals surface area (Å²) < 4.78 is 0. The van der Waals surface area contributed by atoms with Gasteiger partial charge >= 0.3 is 0 Å². The van der Waals surface area contributed by atoms with Crippen LogP contribution in [0, 0.1) is 43.4 Å². The largest absolute Gasteiger partial charge is 0.326 e. The van der Waals surface area contributed by atoms with Crippen molar-refractivity contribution >= 4 is 23.4 Å². The first-order chi connectivity index (χ1) is 13.9. The van der Waals surface area contributed by atoms with Crippen LogP contribution in [0.3, 0.4) is 0 Å². The van der Waals surface area contributed by atoms with Gasteiger partial charge in [0.15, 0.2) is 0 Å². The molecule has 29 heavy (non-hydrogen) atoms. The molecule has 4 fully saturated rings. The van der Waals surface area contributed by atoms with E-state index in [-0.39, 0.29) is 41.5 Å². The van der Waals surface area contributed by atoms with Crippen LogP contribution in [0.25, 0.3) is 0 Å². The minimum atomic E-state index is -0.0459. The summed E-state index contributed by atoms with van der Waals surface area (Å²) in [4.78, 5) is 40.4. The number of hydrogen-bond donors (Lipinski definition) is 1. The number of amides is 3. The van der Waals surface area contributed by atoms with Crippen LogP contribution < -0.4 is 5.32 Å². The summed E-state index contributed by atoms with van der Waals surface area (Å²) in [7, 11) is 0. The maximum atomic E-state index is 13.0. The predicted molar refractivity (Wildman–Crippen MR) is 110 cm³/mol. The molecule has 3 aliphatic carbocycles. The summed E-state index contributed by atoms with van der Waals surface area (Å²) in [6.07, 6.45) is 6.27. The molecule has 0 unspecified atom stereocenters. The molecule has 154 valence electrons. The monoisotopic (exact) mass is 394 g/mol. The van der Waals surface area contributed by atoms with Gasteiger partial charge in [0.1, 0.15) is 0 Å². The first-order valence-corrected chi connectivity index (χ1v) is 11.2. The fourth-order valence-electron chi connectivity index (χ4n) is 6.58. The molecule has 4 aliphatic rings. The van der Waals surface area contributed by atoms with Gasteiger partial charge in [-0.3, -0.25) is 19.3 Å². The highest BCUT2D eigenvalue weighted by atomic mass is 16.2. The second-order valence-corrected chi connectivity index (χ2v) is 9.74. The lowest BCUT2D eigenvalue weighted by atomic mass is 9.81. The van der Waals surface area contributed by atoms with Crippen molar-refractivity contribution in [3.05, 3.63) is 29.3 Å². The Bertz CT molecular complexity index is 843. The van der Waals surface area contributed by atoms with E-state index in [4.69, 9.17) is 0 Å². The number of rotatable bonds is 3. The maximum absolute atomic E-state index is 13.0. The van der Waals surface area contributed by atoms with Gasteiger partial charge in [0.2, 0.25) is 17.7 Å². The van der Waals surface area contributed by atoms with Crippen LogP contribution in [0.1, 0.15) is 56.1 Å². The van der Waals surface area contributed by atoms with Gasteiger partial charge in [0.25, 0.3) is 0 Å².